The van der Waals surface area contributed by atoms with E-state index in [0.717, 1.165) is 26.4 Å². The molecule has 0 saturated heterocycles. The number of hydrogen-bond acceptors (Lipinski definition) is 3. The molecule has 0 saturated carbocycles. The third-order valence-electron chi connectivity index (χ3n) is 3.70. The highest BCUT2D eigenvalue weighted by Gasteiger charge is 2.18. The number of rotatable bonds is 6. The van der Waals surface area contributed by atoms with E-state index in [9.17, 15) is 13.2 Å². The van der Waals surface area contributed by atoms with Crippen LogP contribution in [0.25, 0.3) is 6.08 Å². The Morgan fingerprint density at radius 2 is 1.80 bits per heavy atom. The van der Waals surface area contributed by atoms with Crippen LogP contribution in [0.2, 0.25) is 0 Å². The quantitative estimate of drug-likeness (QED) is 0.862. The van der Waals surface area contributed by atoms with Crippen LogP contribution in [-0.2, 0) is 14.8 Å². The van der Waals surface area contributed by atoms with Crippen LogP contribution in [0.5, 0.6) is 0 Å². The van der Waals surface area contributed by atoms with E-state index >= 15 is 0 Å². The molecule has 132 valence electrons. The van der Waals surface area contributed by atoms with Gasteiger partial charge in [-0.1, -0.05) is 42.5 Å². The van der Waals surface area contributed by atoms with Crippen LogP contribution in [0.4, 0.5) is 5.69 Å². The van der Waals surface area contributed by atoms with Crippen molar-refractivity contribution in [2.45, 2.75) is 13.8 Å². The Balaban J connectivity index is 2.02. The molecule has 0 radical (unpaired) electrons. The van der Waals surface area contributed by atoms with Gasteiger partial charge in [-0.05, 0) is 42.7 Å². The lowest BCUT2D eigenvalue weighted by Gasteiger charge is -2.15. The van der Waals surface area contributed by atoms with Gasteiger partial charge in [-0.15, -0.1) is 0 Å². The average molecular weight is 358 g/mol. The fourth-order valence-corrected chi connectivity index (χ4v) is 3.02. The molecule has 0 bridgehead atoms. The van der Waals surface area contributed by atoms with Crippen LogP contribution >= 0.6 is 0 Å². The summed E-state index contributed by atoms with van der Waals surface area (Å²) in [6, 6.07) is 14.8. The predicted octanol–water partition coefficient (Wildman–Crippen LogP) is 3.17. The maximum Gasteiger partial charge on any atom is 0.239 e. The Labute approximate surface area is 149 Å². The zero-order valence-corrected chi connectivity index (χ0v) is 15.4. The van der Waals surface area contributed by atoms with Gasteiger partial charge in [0.2, 0.25) is 15.9 Å². The Morgan fingerprint density at radius 1 is 1.12 bits per heavy atom. The van der Waals surface area contributed by atoms with E-state index in [1.54, 1.807) is 12.1 Å². The highest BCUT2D eigenvalue weighted by molar-refractivity contribution is 7.92. The highest BCUT2D eigenvalue weighted by Crippen LogP contribution is 2.16. The van der Waals surface area contributed by atoms with Crippen LogP contribution in [0.1, 0.15) is 16.7 Å². The molecule has 0 aliphatic carbocycles. The summed E-state index contributed by atoms with van der Waals surface area (Å²) in [6.07, 6.45) is 1.51. The number of hydrogen-bond donors (Lipinski definition) is 1. The van der Waals surface area contributed by atoms with Gasteiger partial charge >= 0.3 is 0 Å². The molecular formula is C19H22N2O3S. The second-order valence-electron chi connectivity index (χ2n) is 5.88. The Morgan fingerprint density at radius 3 is 2.48 bits per heavy atom. The molecule has 2 rings (SSSR count). The van der Waals surface area contributed by atoms with Crippen molar-refractivity contribution in [3.63, 3.8) is 0 Å². The zero-order valence-electron chi connectivity index (χ0n) is 14.6. The van der Waals surface area contributed by atoms with Crippen molar-refractivity contribution in [3.05, 3.63) is 70.6 Å². The highest BCUT2D eigenvalue weighted by atomic mass is 32.2. The van der Waals surface area contributed by atoms with E-state index in [-0.39, 0.29) is 12.5 Å². The van der Waals surface area contributed by atoms with Gasteiger partial charge in [0.1, 0.15) is 0 Å². The number of sulfonamides is 1. The minimum atomic E-state index is -3.67. The molecule has 25 heavy (non-hydrogen) atoms. The average Bonchev–Trinajstić information content (AvgIpc) is 2.57. The second kappa shape index (κ2) is 8.09. The van der Waals surface area contributed by atoms with Crippen molar-refractivity contribution in [3.8, 4) is 0 Å². The standard InChI is InChI=1S/C19H22N2O3S/c1-15-9-10-16(2)18(13-15)20-19(22)14-21(3)25(23,24)12-11-17-7-5-4-6-8-17/h4-13H,14H2,1-3H3,(H,20,22)/b12-11+. The van der Waals surface area contributed by atoms with Crippen molar-refractivity contribution in [1.29, 1.82) is 0 Å². The molecule has 2 aromatic rings. The summed E-state index contributed by atoms with van der Waals surface area (Å²) in [5.41, 5.74) is 3.41. The summed E-state index contributed by atoms with van der Waals surface area (Å²) in [6.45, 7) is 3.56. The maximum atomic E-state index is 12.3. The normalized spacial score (nSPS) is 11.8. The van der Waals surface area contributed by atoms with Crippen molar-refractivity contribution in [2.75, 3.05) is 18.9 Å². The lowest BCUT2D eigenvalue weighted by molar-refractivity contribution is -0.116. The van der Waals surface area contributed by atoms with E-state index < -0.39 is 10.0 Å². The van der Waals surface area contributed by atoms with Gasteiger partial charge in [0.25, 0.3) is 0 Å². The molecule has 5 nitrogen and oxygen atoms in total. The molecule has 1 N–H and O–H groups in total. The van der Waals surface area contributed by atoms with Gasteiger partial charge in [-0.25, -0.2) is 8.42 Å². The number of nitrogens with zero attached hydrogens (tertiary/aromatic N) is 1. The minimum absolute atomic E-state index is 0.255. The third kappa shape index (κ3) is 5.55. The van der Waals surface area contributed by atoms with E-state index in [1.807, 2.05) is 50.2 Å². The first kappa shape index (κ1) is 18.9. The van der Waals surface area contributed by atoms with E-state index in [2.05, 4.69) is 5.32 Å². The smallest absolute Gasteiger partial charge is 0.239 e. The monoisotopic (exact) mass is 358 g/mol. The zero-order chi connectivity index (χ0) is 18.4. The summed E-state index contributed by atoms with van der Waals surface area (Å²) < 4.78 is 25.6. The molecular weight excluding hydrogens is 336 g/mol. The molecule has 6 heteroatoms. The SMILES string of the molecule is Cc1ccc(C)c(NC(=O)CN(C)S(=O)(=O)/C=C/c2ccccc2)c1. The molecule has 0 aromatic heterocycles. The molecule has 0 spiro atoms. The topological polar surface area (TPSA) is 66.5 Å². The lowest BCUT2D eigenvalue weighted by Crippen LogP contribution is -2.33. The molecule has 0 heterocycles. The van der Waals surface area contributed by atoms with Gasteiger partial charge < -0.3 is 5.32 Å². The van der Waals surface area contributed by atoms with Crippen molar-refractivity contribution in [2.24, 2.45) is 0 Å². The van der Waals surface area contributed by atoms with E-state index in [0.29, 0.717) is 5.69 Å². The number of amides is 1. The molecule has 0 fully saturated rings. The van der Waals surface area contributed by atoms with Crippen molar-refractivity contribution < 1.29 is 13.2 Å². The number of nitrogens with one attached hydrogen (secondary N) is 1. The van der Waals surface area contributed by atoms with Gasteiger partial charge in [0, 0.05) is 18.1 Å². The summed E-state index contributed by atoms with van der Waals surface area (Å²) in [5.74, 6) is -0.382. The number of carbonyl (C=O) groups is 1. The molecule has 1 amide bonds. The number of benzene rings is 2. The predicted molar refractivity (Wildman–Crippen MR) is 102 cm³/mol. The number of carbonyl (C=O) groups excluding carboxylic acids is 1. The van der Waals surface area contributed by atoms with E-state index in [1.165, 1.54) is 13.1 Å². The second-order valence-corrected chi connectivity index (χ2v) is 7.81. The van der Waals surface area contributed by atoms with Crippen LogP contribution in [-0.4, -0.2) is 32.2 Å². The summed E-state index contributed by atoms with van der Waals surface area (Å²) in [5, 5.41) is 3.86. The van der Waals surface area contributed by atoms with Gasteiger partial charge in [-0.2, -0.15) is 4.31 Å². The molecule has 0 aliphatic heterocycles. The Bertz CT molecular complexity index is 875. The Kier molecular flexibility index (Phi) is 6.12. The van der Waals surface area contributed by atoms with Crippen molar-refractivity contribution >= 4 is 27.7 Å². The third-order valence-corrected chi connectivity index (χ3v) is 5.18. The van der Waals surface area contributed by atoms with E-state index in [4.69, 9.17) is 0 Å². The molecule has 0 unspecified atom stereocenters. The number of aryl methyl sites for hydroxylation is 2. The summed E-state index contributed by atoms with van der Waals surface area (Å²) in [4.78, 5) is 12.2. The number of likely N-dealkylation sites (N-methyl/N-ethyl adjacent to an activating group) is 1. The fourth-order valence-electron chi connectivity index (χ4n) is 2.19. The van der Waals surface area contributed by atoms with Crippen molar-refractivity contribution in [1.82, 2.24) is 4.31 Å². The summed E-state index contributed by atoms with van der Waals surface area (Å²) >= 11 is 0. The van der Waals surface area contributed by atoms with Crippen LogP contribution in [0, 0.1) is 13.8 Å². The summed E-state index contributed by atoms with van der Waals surface area (Å²) in [7, 11) is -2.29. The maximum absolute atomic E-state index is 12.3. The van der Waals surface area contributed by atoms with Gasteiger partial charge in [0.15, 0.2) is 0 Å². The van der Waals surface area contributed by atoms with Gasteiger partial charge in [0.05, 0.1) is 6.54 Å². The van der Waals surface area contributed by atoms with Gasteiger partial charge in [-0.3, -0.25) is 4.79 Å². The largest absolute Gasteiger partial charge is 0.325 e. The molecule has 2 aromatic carbocycles. The molecule has 0 aliphatic rings. The van der Waals surface area contributed by atoms with Crippen LogP contribution in [0.3, 0.4) is 0 Å². The first-order valence-corrected chi connectivity index (χ1v) is 9.35. The van der Waals surface area contributed by atoms with Crippen LogP contribution < -0.4 is 5.32 Å². The first-order chi connectivity index (χ1) is 11.8. The molecule has 0 atom stereocenters. The Hall–Kier alpha value is -2.44. The minimum Gasteiger partial charge on any atom is -0.325 e. The lowest BCUT2D eigenvalue weighted by atomic mass is 10.1. The van der Waals surface area contributed by atoms with Crippen LogP contribution in [0.15, 0.2) is 53.9 Å². The number of anilines is 1. The first-order valence-electron chi connectivity index (χ1n) is 7.84. The fraction of sp³-hybridized carbons (Fsp3) is 0.211.